The van der Waals surface area contributed by atoms with Crippen LogP contribution in [0.2, 0.25) is 0 Å². The molecule has 1 atom stereocenters. The molecule has 2 aromatic rings. The summed E-state index contributed by atoms with van der Waals surface area (Å²) in [4.78, 5) is 29.8. The highest BCUT2D eigenvalue weighted by Gasteiger charge is 2.26. The molecule has 0 aromatic heterocycles. The number of anilines is 1. The smallest absolute Gasteiger partial charge is 0.320 e. The van der Waals surface area contributed by atoms with E-state index in [9.17, 15) is 19.2 Å². The number of hydrogen-bond acceptors (Lipinski definition) is 4. The fourth-order valence-electron chi connectivity index (χ4n) is 3.37. The number of rotatable bonds is 4. The van der Waals surface area contributed by atoms with Crippen molar-refractivity contribution >= 4 is 39.3 Å². The Morgan fingerprint density at radius 2 is 1.69 bits per heavy atom. The van der Waals surface area contributed by atoms with Crippen molar-refractivity contribution in [1.29, 1.82) is 0 Å². The zero-order valence-corrected chi connectivity index (χ0v) is 19.8. The maximum Gasteiger partial charge on any atom is 0.320 e. The first-order valence-corrected chi connectivity index (χ1v) is 11.3. The highest BCUT2D eigenvalue weighted by molar-refractivity contribution is 9.10. The molecule has 1 heterocycles. The highest BCUT2D eigenvalue weighted by Crippen LogP contribution is 2.22. The van der Waals surface area contributed by atoms with Crippen molar-refractivity contribution in [3.8, 4) is 0 Å². The van der Waals surface area contributed by atoms with E-state index in [0.717, 1.165) is 9.54 Å². The predicted molar refractivity (Wildman–Crippen MR) is 135 cm³/mol. The molecule has 2 aromatic carbocycles. The summed E-state index contributed by atoms with van der Waals surface area (Å²) in [6, 6.07) is 10.5. The molecule has 0 saturated carbocycles. The SMILES string of the molecule is O=C(Nc1ccc(Br)cc1)NC(C(=O)N=C1C=CC(=C2C=CC=CN2O)C=C1)c1ccccc1F. The molecule has 0 spiro atoms. The molecule has 4 rings (SSSR count). The Bertz CT molecular complexity index is 1310. The summed E-state index contributed by atoms with van der Waals surface area (Å²) in [5, 5.41) is 16.1. The van der Waals surface area contributed by atoms with Crippen LogP contribution in [0.15, 0.2) is 118 Å². The van der Waals surface area contributed by atoms with Crippen molar-refractivity contribution in [3.63, 3.8) is 0 Å². The standard InChI is InChI=1S/C26H20BrFN4O3/c27-18-10-14-20(15-11-18)30-26(34)31-24(21-5-1-2-6-22(21)28)25(33)29-19-12-8-17(9-13-19)23-7-3-4-16-32(23)35/h1-16,24,35H,(H2,30,31,34). The van der Waals surface area contributed by atoms with Crippen molar-refractivity contribution in [2.45, 2.75) is 6.04 Å². The molecule has 7 nitrogen and oxygen atoms in total. The van der Waals surface area contributed by atoms with Crippen LogP contribution >= 0.6 is 15.9 Å². The second kappa shape index (κ2) is 10.9. The Labute approximate surface area is 209 Å². The van der Waals surface area contributed by atoms with Crippen molar-refractivity contribution < 1.29 is 19.2 Å². The number of nitrogens with one attached hydrogen (secondary N) is 2. The van der Waals surface area contributed by atoms with Crippen LogP contribution in [0.4, 0.5) is 14.9 Å². The Morgan fingerprint density at radius 3 is 2.37 bits per heavy atom. The number of benzene rings is 2. The minimum Gasteiger partial charge on any atom is -0.322 e. The zero-order chi connectivity index (χ0) is 24.8. The topological polar surface area (TPSA) is 94.0 Å². The monoisotopic (exact) mass is 534 g/mol. The van der Waals surface area contributed by atoms with Gasteiger partial charge in [0.15, 0.2) is 0 Å². The first kappa shape index (κ1) is 24.1. The van der Waals surface area contributed by atoms with Gasteiger partial charge < -0.3 is 10.6 Å². The third kappa shape index (κ3) is 6.08. The van der Waals surface area contributed by atoms with Gasteiger partial charge in [-0.15, -0.1) is 0 Å². The predicted octanol–water partition coefficient (Wildman–Crippen LogP) is 5.57. The Balaban J connectivity index is 1.55. The lowest BCUT2D eigenvalue weighted by Crippen LogP contribution is -2.37. The molecule has 9 heteroatoms. The van der Waals surface area contributed by atoms with Gasteiger partial charge in [0.2, 0.25) is 0 Å². The van der Waals surface area contributed by atoms with Gasteiger partial charge in [-0.25, -0.2) is 19.2 Å². The molecule has 1 unspecified atom stereocenters. The lowest BCUT2D eigenvalue weighted by atomic mass is 10.0. The van der Waals surface area contributed by atoms with Gasteiger partial charge in [-0.1, -0.05) is 52.4 Å². The lowest BCUT2D eigenvalue weighted by Gasteiger charge is -2.19. The van der Waals surface area contributed by atoms with Crippen LogP contribution in [0.5, 0.6) is 0 Å². The van der Waals surface area contributed by atoms with Gasteiger partial charge in [0.25, 0.3) is 5.91 Å². The van der Waals surface area contributed by atoms with Crippen molar-refractivity contribution in [1.82, 2.24) is 10.4 Å². The number of carbonyl (C=O) groups is 2. The van der Waals surface area contributed by atoms with E-state index >= 15 is 0 Å². The number of hydrogen-bond donors (Lipinski definition) is 3. The molecule has 3 N–H and O–H groups in total. The summed E-state index contributed by atoms with van der Waals surface area (Å²) in [6.07, 6.45) is 13.3. The van der Waals surface area contributed by atoms with E-state index in [4.69, 9.17) is 0 Å². The number of hydroxylamine groups is 2. The summed E-state index contributed by atoms with van der Waals surface area (Å²) in [5.74, 6) is -1.39. The fourth-order valence-corrected chi connectivity index (χ4v) is 3.64. The van der Waals surface area contributed by atoms with Gasteiger partial charge >= 0.3 is 6.03 Å². The summed E-state index contributed by atoms with van der Waals surface area (Å²) in [6.45, 7) is 0. The molecule has 2 aliphatic rings. The van der Waals surface area contributed by atoms with Crippen LogP contribution in [0, 0.1) is 5.82 Å². The third-order valence-corrected chi connectivity index (χ3v) is 5.61. The van der Waals surface area contributed by atoms with Crippen LogP contribution < -0.4 is 10.6 Å². The molecule has 0 fully saturated rings. The van der Waals surface area contributed by atoms with E-state index in [1.54, 1.807) is 72.9 Å². The second-order valence-electron chi connectivity index (χ2n) is 7.49. The van der Waals surface area contributed by atoms with Crippen LogP contribution in [-0.4, -0.2) is 27.9 Å². The molecule has 3 amide bonds. The minimum absolute atomic E-state index is 0.00515. The average molecular weight is 535 g/mol. The van der Waals surface area contributed by atoms with Gasteiger partial charge in [-0.3, -0.25) is 10.0 Å². The summed E-state index contributed by atoms with van der Waals surface area (Å²) >= 11 is 3.32. The molecule has 1 aliphatic carbocycles. The van der Waals surface area contributed by atoms with Crippen LogP contribution in [0.25, 0.3) is 0 Å². The van der Waals surface area contributed by atoms with Crippen molar-refractivity contribution in [2.24, 2.45) is 4.99 Å². The van der Waals surface area contributed by atoms with E-state index in [1.165, 1.54) is 24.4 Å². The number of nitrogens with zero attached hydrogens (tertiary/aromatic N) is 2. The average Bonchev–Trinajstić information content (AvgIpc) is 2.85. The lowest BCUT2D eigenvalue weighted by molar-refractivity contribution is -0.119. The van der Waals surface area contributed by atoms with Crippen LogP contribution in [0.1, 0.15) is 11.6 Å². The first-order valence-electron chi connectivity index (χ1n) is 10.5. The highest BCUT2D eigenvalue weighted by atomic mass is 79.9. The van der Waals surface area contributed by atoms with Crippen molar-refractivity contribution in [3.05, 3.63) is 124 Å². The van der Waals surface area contributed by atoms with E-state index in [-0.39, 0.29) is 5.56 Å². The Hall–Kier alpha value is -4.08. The van der Waals surface area contributed by atoms with E-state index in [1.807, 2.05) is 0 Å². The number of urea groups is 1. The van der Waals surface area contributed by atoms with E-state index in [0.29, 0.717) is 22.7 Å². The van der Waals surface area contributed by atoms with E-state index < -0.39 is 23.8 Å². The van der Waals surface area contributed by atoms with Gasteiger partial charge in [-0.2, -0.15) is 0 Å². The van der Waals surface area contributed by atoms with Crippen molar-refractivity contribution in [2.75, 3.05) is 5.32 Å². The molecule has 1 aliphatic heterocycles. The normalized spacial score (nSPS) is 15.3. The maximum absolute atomic E-state index is 14.5. The molecule has 35 heavy (non-hydrogen) atoms. The van der Waals surface area contributed by atoms with E-state index in [2.05, 4.69) is 31.6 Å². The molecule has 176 valence electrons. The minimum atomic E-state index is -1.35. The number of halogens is 2. The number of amides is 3. The summed E-state index contributed by atoms with van der Waals surface area (Å²) in [7, 11) is 0. The molecule has 0 bridgehead atoms. The third-order valence-electron chi connectivity index (χ3n) is 5.08. The fraction of sp³-hybridized carbons (Fsp3) is 0.0385. The number of allylic oxidation sites excluding steroid dienone is 8. The zero-order valence-electron chi connectivity index (χ0n) is 18.2. The van der Waals surface area contributed by atoms with Gasteiger partial charge in [0.05, 0.1) is 11.4 Å². The van der Waals surface area contributed by atoms with Crippen LogP contribution in [-0.2, 0) is 4.79 Å². The Morgan fingerprint density at radius 1 is 0.971 bits per heavy atom. The first-order chi connectivity index (χ1) is 16.9. The largest absolute Gasteiger partial charge is 0.322 e. The van der Waals surface area contributed by atoms with Gasteiger partial charge in [-0.05, 0) is 54.6 Å². The summed E-state index contributed by atoms with van der Waals surface area (Å²) < 4.78 is 15.4. The molecular weight excluding hydrogens is 515 g/mol. The maximum atomic E-state index is 14.5. The molecule has 0 saturated heterocycles. The second-order valence-corrected chi connectivity index (χ2v) is 8.40. The van der Waals surface area contributed by atoms with Gasteiger partial charge in [0.1, 0.15) is 11.9 Å². The van der Waals surface area contributed by atoms with Crippen LogP contribution in [0.3, 0.4) is 0 Å². The quantitative estimate of drug-likeness (QED) is 0.477. The molecular formula is C26H20BrFN4O3. The summed E-state index contributed by atoms with van der Waals surface area (Å²) in [5.41, 5.74) is 2.07. The number of aliphatic imine (C=N–C) groups is 1. The Kier molecular flexibility index (Phi) is 7.49. The molecule has 0 radical (unpaired) electrons. The number of carbonyl (C=O) groups excluding carboxylic acids is 2. The van der Waals surface area contributed by atoms with Gasteiger partial charge in [0, 0.05) is 27.5 Å².